The van der Waals surface area contributed by atoms with Gasteiger partial charge in [0.25, 0.3) is 0 Å². The minimum Gasteiger partial charge on any atom is -0.260 e. The summed E-state index contributed by atoms with van der Waals surface area (Å²) in [4.78, 5) is 0. The summed E-state index contributed by atoms with van der Waals surface area (Å²) >= 11 is 0. The summed E-state index contributed by atoms with van der Waals surface area (Å²) in [5, 5.41) is 0. The van der Waals surface area contributed by atoms with Gasteiger partial charge in [-0.1, -0.05) is 34.6 Å². The molecule has 0 aliphatic rings. The van der Waals surface area contributed by atoms with Crippen LogP contribution in [0.15, 0.2) is 0 Å². The van der Waals surface area contributed by atoms with Gasteiger partial charge in [0.15, 0.2) is 0 Å². The normalized spacial score (nSPS) is 11.4. The minimum atomic E-state index is -0.611. The van der Waals surface area contributed by atoms with E-state index in [9.17, 15) is 4.21 Å². The molecule has 0 aromatic carbocycles. The maximum absolute atomic E-state index is 9.56. The third-order valence-corrected chi connectivity index (χ3v) is 1.02. The van der Waals surface area contributed by atoms with Gasteiger partial charge in [0.2, 0.25) is 0 Å². The van der Waals surface area contributed by atoms with Crippen molar-refractivity contribution in [3.05, 3.63) is 0 Å². The van der Waals surface area contributed by atoms with Crippen LogP contribution in [-0.4, -0.2) is 16.7 Å². The van der Waals surface area contributed by atoms with Crippen LogP contribution < -0.4 is 0 Å². The Kier molecular flexibility index (Phi) is 8.12. The molecule has 76 valence electrons. The molecule has 0 fully saturated rings. The SMILES string of the molecule is CC(C)CC(C)(C)C.CS(C)=O. The van der Waals surface area contributed by atoms with Crippen molar-refractivity contribution < 1.29 is 4.21 Å². The van der Waals surface area contributed by atoms with E-state index >= 15 is 0 Å². The Labute approximate surface area is 80.4 Å². The Balaban J connectivity index is 0. The van der Waals surface area contributed by atoms with E-state index in [0.29, 0.717) is 5.41 Å². The fraction of sp³-hybridized carbons (Fsp3) is 1.00. The second kappa shape index (κ2) is 6.64. The maximum atomic E-state index is 9.56. The lowest BCUT2D eigenvalue weighted by Crippen LogP contribution is -2.08. The van der Waals surface area contributed by atoms with Gasteiger partial charge in [-0.15, -0.1) is 0 Å². The van der Waals surface area contributed by atoms with E-state index in [1.165, 1.54) is 6.42 Å². The molecule has 0 aliphatic carbocycles. The molecule has 0 heterocycles. The van der Waals surface area contributed by atoms with Crippen LogP contribution >= 0.6 is 0 Å². The van der Waals surface area contributed by atoms with Crippen molar-refractivity contribution in [2.75, 3.05) is 12.5 Å². The largest absolute Gasteiger partial charge is 0.260 e. The Morgan fingerprint density at radius 3 is 1.42 bits per heavy atom. The molecule has 2 heteroatoms. The lowest BCUT2D eigenvalue weighted by molar-refractivity contribution is 0.320. The monoisotopic (exact) mass is 192 g/mol. The van der Waals surface area contributed by atoms with Gasteiger partial charge in [-0.05, 0) is 17.8 Å². The van der Waals surface area contributed by atoms with E-state index in [1.807, 2.05) is 0 Å². The van der Waals surface area contributed by atoms with E-state index in [4.69, 9.17) is 0 Å². The first-order valence-electron chi connectivity index (χ1n) is 4.40. The van der Waals surface area contributed by atoms with Gasteiger partial charge in [-0.2, -0.15) is 0 Å². The van der Waals surface area contributed by atoms with Crippen LogP contribution in [0.2, 0.25) is 0 Å². The van der Waals surface area contributed by atoms with Gasteiger partial charge >= 0.3 is 0 Å². The Morgan fingerprint density at radius 1 is 1.17 bits per heavy atom. The quantitative estimate of drug-likeness (QED) is 0.624. The molecular weight excluding hydrogens is 168 g/mol. The zero-order valence-corrected chi connectivity index (χ0v) is 10.4. The highest BCUT2D eigenvalue weighted by Gasteiger charge is 2.11. The van der Waals surface area contributed by atoms with Gasteiger partial charge < -0.3 is 0 Å². The fourth-order valence-corrected chi connectivity index (χ4v) is 1.22. The Morgan fingerprint density at radius 2 is 1.42 bits per heavy atom. The number of rotatable bonds is 1. The summed E-state index contributed by atoms with van der Waals surface area (Å²) < 4.78 is 9.56. The van der Waals surface area contributed by atoms with E-state index in [0.717, 1.165) is 5.92 Å². The first kappa shape index (κ1) is 14.7. The number of hydrogen-bond acceptors (Lipinski definition) is 1. The van der Waals surface area contributed by atoms with Gasteiger partial charge in [0, 0.05) is 23.3 Å². The molecule has 0 unspecified atom stereocenters. The third-order valence-electron chi connectivity index (χ3n) is 1.02. The molecule has 0 saturated carbocycles. The average molecular weight is 192 g/mol. The molecule has 0 bridgehead atoms. The summed E-state index contributed by atoms with van der Waals surface area (Å²) in [5.74, 6) is 0.843. The van der Waals surface area contributed by atoms with Crippen LogP contribution in [0.1, 0.15) is 41.0 Å². The molecule has 0 atom stereocenters. The van der Waals surface area contributed by atoms with Crippen molar-refractivity contribution in [3.8, 4) is 0 Å². The second-order valence-corrected chi connectivity index (χ2v) is 6.38. The highest BCUT2D eigenvalue weighted by Crippen LogP contribution is 2.23. The summed E-state index contributed by atoms with van der Waals surface area (Å²) in [6.45, 7) is 11.4. The first-order valence-corrected chi connectivity index (χ1v) is 6.37. The topological polar surface area (TPSA) is 17.1 Å². The molecule has 12 heavy (non-hydrogen) atoms. The minimum absolute atomic E-state index is 0.522. The van der Waals surface area contributed by atoms with Crippen molar-refractivity contribution in [2.24, 2.45) is 11.3 Å². The highest BCUT2D eigenvalue weighted by atomic mass is 32.2. The summed E-state index contributed by atoms with van der Waals surface area (Å²) in [6.07, 6.45) is 4.60. The van der Waals surface area contributed by atoms with Crippen LogP contribution in [0.4, 0.5) is 0 Å². The summed E-state index contributed by atoms with van der Waals surface area (Å²) in [5.41, 5.74) is 0.522. The second-order valence-electron chi connectivity index (χ2n) is 4.90. The van der Waals surface area contributed by atoms with E-state index in [2.05, 4.69) is 34.6 Å². The highest BCUT2D eigenvalue weighted by molar-refractivity contribution is 7.83. The molecule has 1 nitrogen and oxygen atoms in total. The van der Waals surface area contributed by atoms with Gasteiger partial charge in [-0.25, -0.2) is 0 Å². The van der Waals surface area contributed by atoms with Crippen molar-refractivity contribution in [1.29, 1.82) is 0 Å². The maximum Gasteiger partial charge on any atom is 0.0148 e. The van der Waals surface area contributed by atoms with Crippen LogP contribution in [0.5, 0.6) is 0 Å². The fourth-order valence-electron chi connectivity index (χ4n) is 1.22. The first-order chi connectivity index (χ1) is 5.15. The van der Waals surface area contributed by atoms with Crippen molar-refractivity contribution in [3.63, 3.8) is 0 Å². The van der Waals surface area contributed by atoms with Crippen LogP contribution in [0.25, 0.3) is 0 Å². The molecule has 0 N–H and O–H groups in total. The summed E-state index contributed by atoms with van der Waals surface area (Å²) in [6, 6.07) is 0. The molecule has 0 saturated heterocycles. The third kappa shape index (κ3) is 32.0. The van der Waals surface area contributed by atoms with Gasteiger partial charge in [0.1, 0.15) is 0 Å². The zero-order chi connectivity index (χ0) is 10.4. The molecule has 0 spiro atoms. The predicted molar refractivity (Wildman–Crippen MR) is 58.9 cm³/mol. The predicted octanol–water partition coefficient (Wildman–Crippen LogP) is 3.07. The zero-order valence-electron chi connectivity index (χ0n) is 9.60. The molecular formula is C10H24OS. The van der Waals surface area contributed by atoms with Crippen molar-refractivity contribution in [1.82, 2.24) is 0 Å². The average Bonchev–Trinajstić information content (AvgIpc) is 1.52. The molecule has 0 aromatic heterocycles. The van der Waals surface area contributed by atoms with E-state index in [-0.39, 0.29) is 0 Å². The van der Waals surface area contributed by atoms with E-state index in [1.54, 1.807) is 12.5 Å². The van der Waals surface area contributed by atoms with Crippen LogP contribution in [0.3, 0.4) is 0 Å². The van der Waals surface area contributed by atoms with Crippen molar-refractivity contribution in [2.45, 2.75) is 41.0 Å². The molecule has 0 aromatic rings. The molecule has 0 amide bonds. The smallest absolute Gasteiger partial charge is 0.0148 e. The Bertz CT molecular complexity index is 118. The van der Waals surface area contributed by atoms with Crippen molar-refractivity contribution >= 4 is 10.8 Å². The van der Waals surface area contributed by atoms with Gasteiger partial charge in [0.05, 0.1) is 0 Å². The lowest BCUT2D eigenvalue weighted by Gasteiger charge is -2.19. The Hall–Kier alpha value is 0.150. The van der Waals surface area contributed by atoms with Gasteiger partial charge in [-0.3, -0.25) is 4.21 Å². The molecule has 0 rings (SSSR count). The molecule has 0 aliphatic heterocycles. The van der Waals surface area contributed by atoms with E-state index < -0.39 is 10.8 Å². The van der Waals surface area contributed by atoms with Crippen LogP contribution in [0, 0.1) is 11.3 Å². The van der Waals surface area contributed by atoms with Crippen LogP contribution in [-0.2, 0) is 10.8 Å². The molecule has 0 radical (unpaired) electrons. The number of hydrogen-bond donors (Lipinski definition) is 0. The standard InChI is InChI=1S/C8H18.C2H6OS/c1-7(2)6-8(3,4)5;1-4(2)3/h7H,6H2,1-5H3;1-2H3. The lowest BCUT2D eigenvalue weighted by atomic mass is 9.86. The summed E-state index contributed by atoms with van der Waals surface area (Å²) in [7, 11) is -0.611.